The van der Waals surface area contributed by atoms with E-state index in [2.05, 4.69) is 9.97 Å². The molecule has 1 aliphatic carbocycles. The SMILES string of the molecule is O=C1CCCc2[nH]c(-c3ccncc3)c(Cc3cccc(F)c3)c21. The standard InChI is InChI=1S/C20H17FN2O/c21-15-4-1-3-13(11-15)12-16-19-17(5-2-6-18(19)24)23-20(16)14-7-9-22-10-8-14/h1,3-4,7-11,23H,2,5-6,12H2. The number of rotatable bonds is 3. The molecular weight excluding hydrogens is 303 g/mol. The van der Waals surface area contributed by atoms with Gasteiger partial charge in [0.2, 0.25) is 0 Å². The van der Waals surface area contributed by atoms with Crippen molar-refractivity contribution in [1.29, 1.82) is 0 Å². The lowest BCUT2D eigenvalue weighted by molar-refractivity contribution is 0.0971. The van der Waals surface area contributed by atoms with Gasteiger partial charge < -0.3 is 4.98 Å². The summed E-state index contributed by atoms with van der Waals surface area (Å²) in [6.45, 7) is 0. The molecule has 0 atom stereocenters. The molecule has 0 spiro atoms. The van der Waals surface area contributed by atoms with Crippen LogP contribution in [-0.2, 0) is 12.8 Å². The summed E-state index contributed by atoms with van der Waals surface area (Å²) >= 11 is 0. The minimum atomic E-state index is -0.256. The summed E-state index contributed by atoms with van der Waals surface area (Å²) in [7, 11) is 0. The number of H-pyrrole nitrogens is 1. The average Bonchev–Trinajstić information content (AvgIpc) is 2.96. The first kappa shape index (κ1) is 14.8. The highest BCUT2D eigenvalue weighted by Gasteiger charge is 2.26. The zero-order valence-electron chi connectivity index (χ0n) is 13.2. The van der Waals surface area contributed by atoms with Crippen LogP contribution in [0.15, 0.2) is 48.8 Å². The lowest BCUT2D eigenvalue weighted by Gasteiger charge is -2.12. The molecule has 3 aromatic rings. The molecule has 0 saturated heterocycles. The molecule has 0 saturated carbocycles. The molecule has 0 aliphatic heterocycles. The van der Waals surface area contributed by atoms with Crippen molar-refractivity contribution in [3.05, 3.63) is 77.0 Å². The van der Waals surface area contributed by atoms with Crippen molar-refractivity contribution in [2.45, 2.75) is 25.7 Å². The van der Waals surface area contributed by atoms with E-state index in [0.29, 0.717) is 12.8 Å². The highest BCUT2D eigenvalue weighted by Crippen LogP contribution is 2.34. The van der Waals surface area contributed by atoms with Crippen LogP contribution in [0.5, 0.6) is 0 Å². The van der Waals surface area contributed by atoms with Gasteiger partial charge in [0.05, 0.1) is 5.69 Å². The minimum absolute atomic E-state index is 0.180. The maximum atomic E-state index is 13.6. The summed E-state index contributed by atoms with van der Waals surface area (Å²) in [6, 6.07) is 10.4. The summed E-state index contributed by atoms with van der Waals surface area (Å²) < 4.78 is 13.6. The third kappa shape index (κ3) is 2.64. The van der Waals surface area contributed by atoms with Crippen molar-refractivity contribution in [2.24, 2.45) is 0 Å². The number of aromatic amines is 1. The molecular formula is C20H17FN2O. The molecule has 0 unspecified atom stereocenters. The zero-order chi connectivity index (χ0) is 16.5. The van der Waals surface area contributed by atoms with E-state index in [1.165, 1.54) is 12.1 Å². The normalized spacial score (nSPS) is 13.8. The summed E-state index contributed by atoms with van der Waals surface area (Å²) in [5, 5.41) is 0. The van der Waals surface area contributed by atoms with Crippen LogP contribution < -0.4 is 0 Å². The van der Waals surface area contributed by atoms with Gasteiger partial charge in [-0.3, -0.25) is 9.78 Å². The van der Waals surface area contributed by atoms with Crippen LogP contribution in [0.1, 0.15) is 40.0 Å². The second kappa shape index (κ2) is 6.04. The molecule has 1 aromatic carbocycles. The van der Waals surface area contributed by atoms with Crippen LogP contribution in [0.3, 0.4) is 0 Å². The van der Waals surface area contributed by atoms with Crippen LogP contribution in [0.25, 0.3) is 11.3 Å². The number of halogens is 1. The second-order valence-electron chi connectivity index (χ2n) is 6.15. The fourth-order valence-corrected chi connectivity index (χ4v) is 3.46. The molecule has 1 aliphatic rings. The quantitative estimate of drug-likeness (QED) is 0.781. The van der Waals surface area contributed by atoms with Gasteiger partial charge in [-0.05, 0) is 48.2 Å². The maximum Gasteiger partial charge on any atom is 0.165 e. The third-order valence-corrected chi connectivity index (χ3v) is 4.53. The van der Waals surface area contributed by atoms with Gasteiger partial charge in [-0.15, -0.1) is 0 Å². The molecule has 4 heteroatoms. The lowest BCUT2D eigenvalue weighted by Crippen LogP contribution is -2.11. The molecule has 0 radical (unpaired) electrons. The van der Waals surface area contributed by atoms with Gasteiger partial charge in [0.15, 0.2) is 5.78 Å². The Morgan fingerprint density at radius 2 is 1.96 bits per heavy atom. The number of carbonyl (C=O) groups is 1. The van der Waals surface area contributed by atoms with Gasteiger partial charge in [0, 0.05) is 42.1 Å². The van der Waals surface area contributed by atoms with E-state index in [4.69, 9.17) is 0 Å². The molecule has 4 rings (SSSR count). The second-order valence-corrected chi connectivity index (χ2v) is 6.15. The first-order chi connectivity index (χ1) is 11.7. The Balaban J connectivity index is 1.86. The lowest BCUT2D eigenvalue weighted by atomic mass is 9.90. The highest BCUT2D eigenvalue weighted by atomic mass is 19.1. The largest absolute Gasteiger partial charge is 0.358 e. The van der Waals surface area contributed by atoms with Crippen LogP contribution >= 0.6 is 0 Å². The van der Waals surface area contributed by atoms with Crippen molar-refractivity contribution in [1.82, 2.24) is 9.97 Å². The van der Waals surface area contributed by atoms with Crippen molar-refractivity contribution in [3.8, 4) is 11.3 Å². The van der Waals surface area contributed by atoms with Crippen LogP contribution in [0, 0.1) is 5.82 Å². The predicted molar refractivity (Wildman–Crippen MR) is 90.5 cm³/mol. The van der Waals surface area contributed by atoms with Gasteiger partial charge in [0.25, 0.3) is 0 Å². The van der Waals surface area contributed by atoms with E-state index in [-0.39, 0.29) is 11.6 Å². The van der Waals surface area contributed by atoms with E-state index in [1.807, 2.05) is 18.2 Å². The first-order valence-electron chi connectivity index (χ1n) is 8.14. The Bertz CT molecular complexity index is 899. The molecule has 2 aromatic heterocycles. The number of aryl methyl sites for hydroxylation is 1. The number of pyridine rings is 1. The smallest absolute Gasteiger partial charge is 0.165 e. The summed E-state index contributed by atoms with van der Waals surface area (Å²) in [6.07, 6.45) is 6.35. The number of benzene rings is 1. The van der Waals surface area contributed by atoms with Crippen LogP contribution in [-0.4, -0.2) is 15.8 Å². The van der Waals surface area contributed by atoms with Crippen LogP contribution in [0.2, 0.25) is 0 Å². The van der Waals surface area contributed by atoms with Gasteiger partial charge in [-0.2, -0.15) is 0 Å². The van der Waals surface area contributed by atoms with Crippen molar-refractivity contribution in [2.75, 3.05) is 0 Å². The molecule has 3 nitrogen and oxygen atoms in total. The molecule has 0 bridgehead atoms. The Labute approximate surface area is 139 Å². The Kier molecular flexibility index (Phi) is 3.73. The van der Waals surface area contributed by atoms with Crippen molar-refractivity contribution >= 4 is 5.78 Å². The first-order valence-corrected chi connectivity index (χ1v) is 8.14. The molecule has 2 heterocycles. The number of Topliss-reactive ketones (excluding diaryl/α,β-unsaturated/α-hetero) is 1. The predicted octanol–water partition coefficient (Wildman–Crippen LogP) is 4.33. The fourth-order valence-electron chi connectivity index (χ4n) is 3.46. The van der Waals surface area contributed by atoms with E-state index in [9.17, 15) is 9.18 Å². The number of aromatic nitrogens is 2. The van der Waals surface area contributed by atoms with E-state index in [0.717, 1.165) is 46.5 Å². The van der Waals surface area contributed by atoms with E-state index < -0.39 is 0 Å². The fraction of sp³-hybridized carbons (Fsp3) is 0.200. The van der Waals surface area contributed by atoms with Gasteiger partial charge in [-0.1, -0.05) is 12.1 Å². The zero-order valence-corrected chi connectivity index (χ0v) is 13.2. The average molecular weight is 320 g/mol. The Morgan fingerprint density at radius 3 is 2.75 bits per heavy atom. The monoisotopic (exact) mass is 320 g/mol. The van der Waals surface area contributed by atoms with Crippen molar-refractivity contribution < 1.29 is 9.18 Å². The maximum absolute atomic E-state index is 13.6. The third-order valence-electron chi connectivity index (χ3n) is 4.53. The summed E-state index contributed by atoms with van der Waals surface area (Å²) in [5.41, 5.74) is 5.58. The summed E-state index contributed by atoms with van der Waals surface area (Å²) in [4.78, 5) is 20.0. The number of nitrogens with zero attached hydrogens (tertiary/aromatic N) is 1. The summed E-state index contributed by atoms with van der Waals surface area (Å²) in [5.74, 6) is -0.0760. The minimum Gasteiger partial charge on any atom is -0.358 e. The number of nitrogens with one attached hydrogen (secondary N) is 1. The topological polar surface area (TPSA) is 45.8 Å². The van der Waals surface area contributed by atoms with E-state index >= 15 is 0 Å². The van der Waals surface area contributed by atoms with Crippen LogP contribution in [0.4, 0.5) is 4.39 Å². The van der Waals surface area contributed by atoms with Gasteiger partial charge >= 0.3 is 0 Å². The number of carbonyl (C=O) groups excluding carboxylic acids is 1. The molecule has 24 heavy (non-hydrogen) atoms. The molecule has 0 amide bonds. The van der Waals surface area contributed by atoms with Gasteiger partial charge in [0.1, 0.15) is 5.82 Å². The molecule has 1 N–H and O–H groups in total. The highest BCUT2D eigenvalue weighted by molar-refractivity contribution is 6.01. The number of hydrogen-bond donors (Lipinski definition) is 1. The Hall–Kier alpha value is -2.75. The van der Waals surface area contributed by atoms with Crippen molar-refractivity contribution in [3.63, 3.8) is 0 Å². The molecule has 120 valence electrons. The van der Waals surface area contributed by atoms with Gasteiger partial charge in [-0.25, -0.2) is 4.39 Å². The molecule has 0 fully saturated rings. The Morgan fingerprint density at radius 1 is 1.12 bits per heavy atom. The van der Waals surface area contributed by atoms with E-state index in [1.54, 1.807) is 18.5 Å². The number of fused-ring (bicyclic) bond motifs is 1. The number of ketones is 1. The number of hydrogen-bond acceptors (Lipinski definition) is 2.